The molecule has 0 aliphatic rings. The molecule has 0 aromatic carbocycles. The van der Waals surface area contributed by atoms with Crippen molar-refractivity contribution < 1.29 is 4.43 Å². The lowest BCUT2D eigenvalue weighted by atomic mass is 10.1. The maximum atomic E-state index is 6.39. The zero-order valence-electron chi connectivity index (χ0n) is 12.9. The Bertz CT molecular complexity index is 233. The van der Waals surface area contributed by atoms with Crippen LogP contribution in [0.5, 0.6) is 0 Å². The highest BCUT2D eigenvalue weighted by molar-refractivity contribution is 6.74. The largest absolute Gasteiger partial charge is 0.400 e. The van der Waals surface area contributed by atoms with Gasteiger partial charge in [0.25, 0.3) is 0 Å². The van der Waals surface area contributed by atoms with E-state index in [1.807, 2.05) is 0 Å². The average Bonchev–Trinajstić information content (AvgIpc) is 1.72. The van der Waals surface area contributed by atoms with E-state index in [9.17, 15) is 0 Å². The van der Waals surface area contributed by atoms with Crippen LogP contribution >= 0.6 is 0 Å². The first-order chi connectivity index (χ1) is 6.66. The Morgan fingerprint density at radius 2 is 1.19 bits per heavy atom. The van der Waals surface area contributed by atoms with Gasteiger partial charge in [-0.1, -0.05) is 20.8 Å². The summed E-state index contributed by atoms with van der Waals surface area (Å²) in [6.07, 6.45) is 0. The summed E-state index contributed by atoms with van der Waals surface area (Å²) < 4.78 is 6.39. The summed E-state index contributed by atoms with van der Waals surface area (Å²) in [7, 11) is -1.70. The number of hydrogen-bond donors (Lipinski definition) is 1. The Kier molecular flexibility index (Phi) is 4.47. The molecule has 0 bridgehead atoms. The van der Waals surface area contributed by atoms with Crippen molar-refractivity contribution in [3.05, 3.63) is 0 Å². The molecule has 0 aromatic rings. The monoisotopic (exact) mass is 245 g/mol. The Morgan fingerprint density at radius 1 is 0.812 bits per heavy atom. The standard InChI is InChI=1S/C13H31NOSi/c1-11(2,3)14-13(7,8)15-16(9,10)12(4,5)6/h14H,1-10H3. The van der Waals surface area contributed by atoms with Crippen LogP contribution in [-0.2, 0) is 4.43 Å². The van der Waals surface area contributed by atoms with Crippen molar-refractivity contribution in [2.24, 2.45) is 0 Å². The molecule has 1 N–H and O–H groups in total. The highest BCUT2D eigenvalue weighted by Gasteiger charge is 2.42. The summed E-state index contributed by atoms with van der Waals surface area (Å²) >= 11 is 0. The fraction of sp³-hybridized carbons (Fsp3) is 1.00. The third-order valence-electron chi connectivity index (χ3n) is 2.99. The molecule has 0 heterocycles. The fourth-order valence-corrected chi connectivity index (χ4v) is 3.35. The lowest BCUT2D eigenvalue weighted by Crippen LogP contribution is -2.58. The summed E-state index contributed by atoms with van der Waals surface area (Å²) in [5.41, 5.74) is -0.187. The van der Waals surface area contributed by atoms with Crippen LogP contribution in [0.1, 0.15) is 55.4 Å². The van der Waals surface area contributed by atoms with Gasteiger partial charge in [0.2, 0.25) is 0 Å². The molecule has 0 rings (SSSR count). The zero-order valence-corrected chi connectivity index (χ0v) is 13.9. The second-order valence-corrected chi connectivity index (χ2v) is 12.5. The van der Waals surface area contributed by atoms with Crippen LogP contribution in [0.2, 0.25) is 18.1 Å². The minimum Gasteiger partial charge on any atom is -0.400 e. The van der Waals surface area contributed by atoms with Crippen LogP contribution in [-0.4, -0.2) is 19.6 Å². The minimum absolute atomic E-state index is 0.0753. The predicted molar refractivity (Wildman–Crippen MR) is 75.2 cm³/mol. The summed E-state index contributed by atoms with van der Waals surface area (Å²) in [4.78, 5) is 0. The minimum atomic E-state index is -1.70. The van der Waals surface area contributed by atoms with Gasteiger partial charge in [-0.25, -0.2) is 0 Å². The molecule has 0 spiro atoms. The van der Waals surface area contributed by atoms with Crippen molar-refractivity contribution in [2.45, 2.75) is 84.8 Å². The van der Waals surface area contributed by atoms with E-state index in [0.717, 1.165) is 0 Å². The summed E-state index contributed by atoms with van der Waals surface area (Å²) in [6, 6.07) is 0. The van der Waals surface area contributed by atoms with Crippen molar-refractivity contribution in [1.29, 1.82) is 0 Å². The van der Waals surface area contributed by atoms with E-state index in [2.05, 4.69) is 73.8 Å². The van der Waals surface area contributed by atoms with Gasteiger partial charge >= 0.3 is 0 Å². The maximum absolute atomic E-state index is 6.39. The lowest BCUT2D eigenvalue weighted by molar-refractivity contribution is 0.0305. The molecule has 3 heteroatoms. The third kappa shape index (κ3) is 5.46. The third-order valence-corrected chi connectivity index (χ3v) is 7.63. The van der Waals surface area contributed by atoms with Gasteiger partial charge in [0.05, 0.1) is 0 Å². The Balaban J connectivity index is 4.72. The molecule has 98 valence electrons. The summed E-state index contributed by atoms with van der Waals surface area (Å²) in [6.45, 7) is 22.2. The highest BCUT2D eigenvalue weighted by atomic mass is 28.4. The summed E-state index contributed by atoms with van der Waals surface area (Å²) in [5, 5.41) is 3.79. The molecule has 16 heavy (non-hydrogen) atoms. The molecule has 0 saturated carbocycles. The molecule has 2 nitrogen and oxygen atoms in total. The van der Waals surface area contributed by atoms with E-state index in [0.29, 0.717) is 0 Å². The molecule has 0 aliphatic carbocycles. The van der Waals surface area contributed by atoms with Gasteiger partial charge in [0.1, 0.15) is 5.72 Å². The Labute approximate surface area is 103 Å². The van der Waals surface area contributed by atoms with Crippen LogP contribution in [0.15, 0.2) is 0 Å². The number of rotatable bonds is 3. The van der Waals surface area contributed by atoms with Crippen molar-refractivity contribution in [3.8, 4) is 0 Å². The first kappa shape index (κ1) is 16.1. The fourth-order valence-electron chi connectivity index (χ4n) is 1.72. The van der Waals surface area contributed by atoms with E-state index < -0.39 is 8.32 Å². The van der Waals surface area contributed by atoms with E-state index in [1.165, 1.54) is 0 Å². The maximum Gasteiger partial charge on any atom is 0.194 e. The van der Waals surface area contributed by atoms with Crippen LogP contribution in [0.3, 0.4) is 0 Å². The quantitative estimate of drug-likeness (QED) is 0.596. The highest BCUT2D eigenvalue weighted by Crippen LogP contribution is 2.38. The molecule has 0 unspecified atom stereocenters. The number of nitrogens with one attached hydrogen (secondary N) is 1. The SMILES string of the molecule is CC(C)(C)NC(C)(C)O[Si](C)(C)C(C)(C)C. The van der Waals surface area contributed by atoms with Gasteiger partial charge in [-0.2, -0.15) is 0 Å². The average molecular weight is 245 g/mol. The van der Waals surface area contributed by atoms with Crippen molar-refractivity contribution in [1.82, 2.24) is 5.32 Å². The van der Waals surface area contributed by atoms with E-state index in [4.69, 9.17) is 4.43 Å². The molecular weight excluding hydrogens is 214 g/mol. The van der Waals surface area contributed by atoms with E-state index >= 15 is 0 Å². The Morgan fingerprint density at radius 3 is 1.44 bits per heavy atom. The van der Waals surface area contributed by atoms with Crippen molar-refractivity contribution in [2.75, 3.05) is 0 Å². The van der Waals surface area contributed by atoms with Gasteiger partial charge in [0, 0.05) is 5.54 Å². The first-order valence-corrected chi connectivity index (χ1v) is 9.07. The van der Waals surface area contributed by atoms with E-state index in [1.54, 1.807) is 0 Å². The van der Waals surface area contributed by atoms with Crippen LogP contribution in [0, 0.1) is 0 Å². The van der Waals surface area contributed by atoms with Crippen molar-refractivity contribution >= 4 is 8.32 Å². The molecule has 0 amide bonds. The second kappa shape index (κ2) is 4.43. The second-order valence-electron chi connectivity index (χ2n) is 7.75. The van der Waals surface area contributed by atoms with Gasteiger partial charge in [-0.15, -0.1) is 0 Å². The zero-order chi connectivity index (χ0) is 13.4. The molecule has 0 saturated heterocycles. The van der Waals surface area contributed by atoms with Gasteiger partial charge in [-0.05, 0) is 52.8 Å². The molecule has 0 aromatic heterocycles. The topological polar surface area (TPSA) is 21.3 Å². The van der Waals surface area contributed by atoms with E-state index in [-0.39, 0.29) is 16.3 Å². The molecular formula is C13H31NOSi. The Hall–Kier alpha value is 0.137. The summed E-state index contributed by atoms with van der Waals surface area (Å²) in [5.74, 6) is 0. The molecule has 0 atom stereocenters. The first-order valence-electron chi connectivity index (χ1n) is 6.16. The normalized spacial score (nSPS) is 15.4. The van der Waals surface area contributed by atoms with Crippen molar-refractivity contribution in [3.63, 3.8) is 0 Å². The molecule has 0 fully saturated rings. The molecule has 0 aliphatic heterocycles. The van der Waals surface area contributed by atoms with Crippen LogP contribution in [0.4, 0.5) is 0 Å². The smallest absolute Gasteiger partial charge is 0.194 e. The molecule has 0 radical (unpaired) electrons. The van der Waals surface area contributed by atoms with Gasteiger partial charge in [-0.3, -0.25) is 5.32 Å². The van der Waals surface area contributed by atoms with Gasteiger partial charge in [0.15, 0.2) is 8.32 Å². The van der Waals surface area contributed by atoms with Crippen LogP contribution < -0.4 is 5.32 Å². The van der Waals surface area contributed by atoms with Gasteiger partial charge < -0.3 is 4.43 Å². The predicted octanol–water partition coefficient (Wildman–Crippen LogP) is 4.13. The number of hydrogen-bond acceptors (Lipinski definition) is 2. The lowest BCUT2D eigenvalue weighted by Gasteiger charge is -2.45. The van der Waals surface area contributed by atoms with Crippen LogP contribution in [0.25, 0.3) is 0 Å².